The molecule has 7 heteroatoms. The van der Waals surface area contributed by atoms with E-state index in [1.54, 1.807) is 30.5 Å². The van der Waals surface area contributed by atoms with Gasteiger partial charge in [-0.15, -0.1) is 0 Å². The molecule has 3 heterocycles. The van der Waals surface area contributed by atoms with Crippen LogP contribution in [0.1, 0.15) is 10.4 Å². The third-order valence-corrected chi connectivity index (χ3v) is 4.90. The average Bonchev–Trinajstić information content (AvgIpc) is 2.75. The molecule has 142 valence electrons. The highest BCUT2D eigenvalue weighted by Crippen LogP contribution is 2.20. The topological polar surface area (TPSA) is 61.4 Å². The summed E-state index contributed by atoms with van der Waals surface area (Å²) in [7, 11) is 0. The minimum Gasteiger partial charge on any atom is -0.353 e. The molecule has 3 aromatic rings. The first-order valence-electron chi connectivity index (χ1n) is 9.13. The number of amides is 1. The standard InChI is InChI=1S/C21H20ClN5O/c22-17-4-3-5-18(15-17)25-21(28)16-7-9-24-20(14-16)27-12-10-26(11-13-27)19-6-1-2-8-23-19/h1-9,14-15H,10-13H2,(H,25,28). The van der Waals surface area contributed by atoms with Crippen molar-refractivity contribution in [2.75, 3.05) is 41.3 Å². The van der Waals surface area contributed by atoms with Gasteiger partial charge in [-0.25, -0.2) is 9.97 Å². The van der Waals surface area contributed by atoms with Gasteiger partial charge in [-0.05, 0) is 42.5 Å². The van der Waals surface area contributed by atoms with Gasteiger partial charge in [-0.1, -0.05) is 23.7 Å². The molecule has 1 N–H and O–H groups in total. The highest BCUT2D eigenvalue weighted by atomic mass is 35.5. The average molecular weight is 394 g/mol. The molecule has 1 aromatic carbocycles. The number of aromatic nitrogens is 2. The zero-order valence-electron chi connectivity index (χ0n) is 15.3. The van der Waals surface area contributed by atoms with Gasteiger partial charge in [0.15, 0.2) is 0 Å². The predicted molar refractivity (Wildman–Crippen MR) is 112 cm³/mol. The minimum absolute atomic E-state index is 0.182. The van der Waals surface area contributed by atoms with Gasteiger partial charge in [0.2, 0.25) is 0 Å². The van der Waals surface area contributed by atoms with Crippen LogP contribution in [0.5, 0.6) is 0 Å². The monoisotopic (exact) mass is 393 g/mol. The van der Waals surface area contributed by atoms with Crippen molar-refractivity contribution in [2.45, 2.75) is 0 Å². The van der Waals surface area contributed by atoms with Gasteiger partial charge in [0, 0.05) is 54.8 Å². The lowest BCUT2D eigenvalue weighted by Crippen LogP contribution is -2.47. The first kappa shape index (κ1) is 18.3. The van der Waals surface area contributed by atoms with E-state index in [-0.39, 0.29) is 5.91 Å². The maximum atomic E-state index is 12.6. The number of carbonyl (C=O) groups excluding carboxylic acids is 1. The summed E-state index contributed by atoms with van der Waals surface area (Å²) >= 11 is 5.98. The van der Waals surface area contributed by atoms with Crippen LogP contribution in [0, 0.1) is 0 Å². The molecule has 1 fully saturated rings. The number of rotatable bonds is 4. The van der Waals surface area contributed by atoms with Crippen molar-refractivity contribution in [3.05, 3.63) is 77.6 Å². The quantitative estimate of drug-likeness (QED) is 0.732. The minimum atomic E-state index is -0.182. The van der Waals surface area contributed by atoms with Crippen LogP contribution in [-0.4, -0.2) is 42.1 Å². The second kappa shape index (κ2) is 8.27. The summed E-state index contributed by atoms with van der Waals surface area (Å²) in [5.74, 6) is 1.61. The Bertz CT molecular complexity index is 958. The molecule has 28 heavy (non-hydrogen) atoms. The van der Waals surface area contributed by atoms with E-state index in [9.17, 15) is 4.79 Å². The number of pyridine rings is 2. The largest absolute Gasteiger partial charge is 0.353 e. The van der Waals surface area contributed by atoms with E-state index in [1.165, 1.54) is 0 Å². The van der Waals surface area contributed by atoms with Gasteiger partial charge in [0.1, 0.15) is 11.6 Å². The maximum absolute atomic E-state index is 12.6. The molecule has 1 aliphatic heterocycles. The molecule has 0 spiro atoms. The third-order valence-electron chi connectivity index (χ3n) is 4.67. The fourth-order valence-electron chi connectivity index (χ4n) is 3.21. The molecule has 0 radical (unpaired) electrons. The number of anilines is 3. The first-order valence-corrected chi connectivity index (χ1v) is 9.51. The molecule has 4 rings (SSSR count). The summed E-state index contributed by atoms with van der Waals surface area (Å²) in [6.07, 6.45) is 3.48. The zero-order chi connectivity index (χ0) is 19.3. The van der Waals surface area contributed by atoms with Gasteiger partial charge in [-0.2, -0.15) is 0 Å². The van der Waals surface area contributed by atoms with Crippen LogP contribution >= 0.6 is 11.6 Å². The molecule has 0 bridgehead atoms. The fraction of sp³-hybridized carbons (Fsp3) is 0.190. The summed E-state index contributed by atoms with van der Waals surface area (Å²) in [4.78, 5) is 25.9. The second-order valence-corrected chi connectivity index (χ2v) is 6.97. The van der Waals surface area contributed by atoms with E-state index in [0.717, 1.165) is 37.8 Å². The number of halogens is 1. The summed E-state index contributed by atoms with van der Waals surface area (Å²) in [6, 6.07) is 16.6. The summed E-state index contributed by atoms with van der Waals surface area (Å²) in [6.45, 7) is 3.36. The number of nitrogens with one attached hydrogen (secondary N) is 1. The van der Waals surface area contributed by atoms with Crippen molar-refractivity contribution in [1.29, 1.82) is 0 Å². The van der Waals surface area contributed by atoms with Crippen molar-refractivity contribution in [2.24, 2.45) is 0 Å². The van der Waals surface area contributed by atoms with E-state index in [0.29, 0.717) is 16.3 Å². The number of carbonyl (C=O) groups is 1. The summed E-state index contributed by atoms with van der Waals surface area (Å²) in [5.41, 5.74) is 1.23. The van der Waals surface area contributed by atoms with Crippen LogP contribution in [0.4, 0.5) is 17.3 Å². The van der Waals surface area contributed by atoms with Crippen molar-refractivity contribution < 1.29 is 4.79 Å². The van der Waals surface area contributed by atoms with Crippen LogP contribution in [0.2, 0.25) is 5.02 Å². The number of hydrogen-bond donors (Lipinski definition) is 1. The Morgan fingerprint density at radius 3 is 2.32 bits per heavy atom. The molecular weight excluding hydrogens is 374 g/mol. The van der Waals surface area contributed by atoms with E-state index < -0.39 is 0 Å². The Morgan fingerprint density at radius 1 is 0.857 bits per heavy atom. The molecule has 1 aliphatic rings. The lowest BCUT2D eigenvalue weighted by molar-refractivity contribution is 0.102. The number of hydrogen-bond acceptors (Lipinski definition) is 5. The van der Waals surface area contributed by atoms with Gasteiger partial charge in [0.05, 0.1) is 0 Å². The van der Waals surface area contributed by atoms with Crippen LogP contribution in [0.25, 0.3) is 0 Å². The second-order valence-electron chi connectivity index (χ2n) is 6.53. The van der Waals surface area contributed by atoms with Gasteiger partial charge < -0.3 is 15.1 Å². The molecule has 0 saturated carbocycles. The highest BCUT2D eigenvalue weighted by molar-refractivity contribution is 6.31. The van der Waals surface area contributed by atoms with Crippen LogP contribution in [0.3, 0.4) is 0 Å². The summed E-state index contributed by atoms with van der Waals surface area (Å²) < 4.78 is 0. The van der Waals surface area contributed by atoms with Crippen molar-refractivity contribution >= 4 is 34.8 Å². The van der Waals surface area contributed by atoms with Gasteiger partial charge in [0.25, 0.3) is 5.91 Å². The summed E-state index contributed by atoms with van der Waals surface area (Å²) in [5, 5.41) is 3.45. The Morgan fingerprint density at radius 2 is 1.61 bits per heavy atom. The highest BCUT2D eigenvalue weighted by Gasteiger charge is 2.19. The number of benzene rings is 1. The Kier molecular flexibility index (Phi) is 5.39. The smallest absolute Gasteiger partial charge is 0.255 e. The van der Waals surface area contributed by atoms with Gasteiger partial charge in [-0.3, -0.25) is 4.79 Å². The fourth-order valence-corrected chi connectivity index (χ4v) is 3.40. The van der Waals surface area contributed by atoms with Crippen molar-refractivity contribution in [3.8, 4) is 0 Å². The van der Waals surface area contributed by atoms with Crippen molar-refractivity contribution in [1.82, 2.24) is 9.97 Å². The Hall–Kier alpha value is -3.12. The normalized spacial score (nSPS) is 14.0. The Balaban J connectivity index is 1.42. The molecule has 1 saturated heterocycles. The number of piperazine rings is 1. The van der Waals surface area contributed by atoms with Crippen LogP contribution in [-0.2, 0) is 0 Å². The van der Waals surface area contributed by atoms with Crippen molar-refractivity contribution in [3.63, 3.8) is 0 Å². The van der Waals surface area contributed by atoms with Gasteiger partial charge >= 0.3 is 0 Å². The SMILES string of the molecule is O=C(Nc1cccc(Cl)c1)c1ccnc(N2CCN(c3ccccn3)CC2)c1. The van der Waals surface area contributed by atoms with Crippen LogP contribution < -0.4 is 15.1 Å². The molecule has 0 atom stereocenters. The van der Waals surface area contributed by atoms with E-state index in [1.807, 2.05) is 36.5 Å². The molecular formula is C21H20ClN5O. The molecule has 0 unspecified atom stereocenters. The Labute approximate surface area is 168 Å². The molecule has 2 aromatic heterocycles. The zero-order valence-corrected chi connectivity index (χ0v) is 16.0. The maximum Gasteiger partial charge on any atom is 0.255 e. The molecule has 6 nitrogen and oxygen atoms in total. The predicted octanol–water partition coefficient (Wildman–Crippen LogP) is 3.71. The lowest BCUT2D eigenvalue weighted by Gasteiger charge is -2.36. The van der Waals surface area contributed by atoms with E-state index in [2.05, 4.69) is 25.1 Å². The van der Waals surface area contributed by atoms with Crippen LogP contribution in [0.15, 0.2) is 67.0 Å². The third kappa shape index (κ3) is 4.23. The van der Waals surface area contributed by atoms with E-state index >= 15 is 0 Å². The van der Waals surface area contributed by atoms with E-state index in [4.69, 9.17) is 11.6 Å². The first-order chi connectivity index (χ1) is 13.7. The lowest BCUT2D eigenvalue weighted by atomic mass is 10.2. The molecule has 0 aliphatic carbocycles. The number of nitrogens with zero attached hydrogens (tertiary/aromatic N) is 4. The molecule has 1 amide bonds.